The van der Waals surface area contributed by atoms with Crippen LogP contribution >= 0.6 is 34.8 Å². The van der Waals surface area contributed by atoms with Crippen LogP contribution in [0.2, 0.25) is 10.0 Å². The van der Waals surface area contributed by atoms with Gasteiger partial charge in [0, 0.05) is 35.9 Å². The number of hydrogen-bond donors (Lipinski definition) is 3. The molecule has 1 aromatic carbocycles. The van der Waals surface area contributed by atoms with Gasteiger partial charge in [-0.1, -0.05) is 48.7 Å². The van der Waals surface area contributed by atoms with Crippen LogP contribution in [0.3, 0.4) is 0 Å². The van der Waals surface area contributed by atoms with Crippen molar-refractivity contribution in [2.24, 2.45) is 17.2 Å². The molecule has 0 bridgehead atoms. The minimum Gasteiger partial charge on any atom is -0.402 e. The Hall–Kier alpha value is -1.14. The molecule has 8 heteroatoms. The highest BCUT2D eigenvalue weighted by molar-refractivity contribution is 6.36. The van der Waals surface area contributed by atoms with E-state index in [0.29, 0.717) is 35.1 Å². The molecule has 0 aliphatic rings. The van der Waals surface area contributed by atoms with E-state index in [-0.39, 0.29) is 16.7 Å². The third kappa shape index (κ3) is 6.77. The van der Waals surface area contributed by atoms with Crippen molar-refractivity contribution in [3.05, 3.63) is 56.2 Å². The van der Waals surface area contributed by atoms with Crippen molar-refractivity contribution >= 4 is 34.8 Å². The molecule has 1 rings (SSSR count). The molecule has 0 aliphatic heterocycles. The second kappa shape index (κ2) is 11.4. The van der Waals surface area contributed by atoms with E-state index in [1.807, 2.05) is 13.8 Å². The van der Waals surface area contributed by atoms with Gasteiger partial charge in [-0.25, -0.2) is 4.39 Å². The molecule has 6 N–H and O–H groups in total. The lowest BCUT2D eigenvalue weighted by atomic mass is 10.2. The number of benzene rings is 1. The van der Waals surface area contributed by atoms with Crippen LogP contribution in [-0.2, 0) is 6.54 Å². The average molecular weight is 398 g/mol. The molecular weight excluding hydrogens is 374 g/mol. The number of nitrogens with two attached hydrogens (primary N) is 3. The monoisotopic (exact) mass is 396 g/mol. The quantitative estimate of drug-likeness (QED) is 0.382. The molecule has 1 aromatic rings. The second-order valence-corrected chi connectivity index (χ2v) is 5.85. The molecule has 0 saturated carbocycles. The highest BCUT2D eigenvalue weighted by atomic mass is 35.5. The van der Waals surface area contributed by atoms with E-state index in [1.165, 1.54) is 12.1 Å². The standard InChI is InChI=1S/C14H18Cl3FN4.C2H6/c1-8(20)6-12(14(17)21)22(5-4-19)7-9-10(15)2-3-11(18)13(9)16;1-2/h2-3,6H,4-5,7,19-21H2,1H3;1-2H3/b8-6-,14-12+;. The van der Waals surface area contributed by atoms with Gasteiger partial charge >= 0.3 is 0 Å². The zero-order valence-corrected chi connectivity index (χ0v) is 16.3. The Bertz CT molecular complexity index is 595. The summed E-state index contributed by atoms with van der Waals surface area (Å²) in [6.45, 7) is 6.63. The summed E-state index contributed by atoms with van der Waals surface area (Å²) in [6.07, 6.45) is 1.61. The van der Waals surface area contributed by atoms with E-state index >= 15 is 0 Å². The van der Waals surface area contributed by atoms with Crippen molar-refractivity contribution in [3.63, 3.8) is 0 Å². The lowest BCUT2D eigenvalue weighted by molar-refractivity contribution is 0.353. The van der Waals surface area contributed by atoms with Crippen LogP contribution < -0.4 is 17.2 Å². The molecule has 4 nitrogen and oxygen atoms in total. The number of rotatable bonds is 6. The van der Waals surface area contributed by atoms with Gasteiger partial charge in [0.2, 0.25) is 0 Å². The van der Waals surface area contributed by atoms with Crippen molar-refractivity contribution in [3.8, 4) is 0 Å². The first-order chi connectivity index (χ1) is 11.3. The van der Waals surface area contributed by atoms with Gasteiger partial charge in [0.1, 0.15) is 11.0 Å². The summed E-state index contributed by atoms with van der Waals surface area (Å²) in [5, 5.41) is 0.340. The fourth-order valence-electron chi connectivity index (χ4n) is 1.87. The van der Waals surface area contributed by atoms with Gasteiger partial charge in [0.05, 0.1) is 10.7 Å². The summed E-state index contributed by atoms with van der Waals surface area (Å²) < 4.78 is 13.6. The minimum absolute atomic E-state index is 0.0434. The first-order valence-electron chi connectivity index (χ1n) is 7.44. The maximum absolute atomic E-state index is 13.6. The van der Waals surface area contributed by atoms with Gasteiger partial charge in [-0.2, -0.15) is 0 Å². The number of halogens is 4. The van der Waals surface area contributed by atoms with Crippen LogP contribution in [0.4, 0.5) is 4.39 Å². The van der Waals surface area contributed by atoms with Gasteiger partial charge in [-0.3, -0.25) is 0 Å². The van der Waals surface area contributed by atoms with Crippen molar-refractivity contribution in [2.45, 2.75) is 27.3 Å². The number of nitrogens with zero attached hydrogens (tertiary/aromatic N) is 1. The fraction of sp³-hybridized carbons (Fsp3) is 0.375. The van der Waals surface area contributed by atoms with E-state index in [9.17, 15) is 4.39 Å². The summed E-state index contributed by atoms with van der Waals surface area (Å²) in [5.74, 6) is -0.552. The first-order valence-corrected chi connectivity index (χ1v) is 8.57. The van der Waals surface area contributed by atoms with E-state index in [2.05, 4.69) is 0 Å². The Morgan fingerprint density at radius 1 is 1.25 bits per heavy atom. The molecule has 0 aromatic heterocycles. The van der Waals surface area contributed by atoms with Crippen molar-refractivity contribution in [1.29, 1.82) is 0 Å². The van der Waals surface area contributed by atoms with E-state index in [1.54, 1.807) is 17.9 Å². The van der Waals surface area contributed by atoms with Crippen molar-refractivity contribution in [2.75, 3.05) is 13.1 Å². The van der Waals surface area contributed by atoms with Gasteiger partial charge in [-0.15, -0.1) is 0 Å². The van der Waals surface area contributed by atoms with Crippen LogP contribution in [0, 0.1) is 5.82 Å². The Kier molecular flexibility index (Phi) is 10.9. The average Bonchev–Trinajstić information content (AvgIpc) is 2.53. The third-order valence-electron chi connectivity index (χ3n) is 2.84. The molecule has 136 valence electrons. The maximum Gasteiger partial charge on any atom is 0.142 e. The van der Waals surface area contributed by atoms with Crippen LogP contribution in [0.15, 0.2) is 34.8 Å². The van der Waals surface area contributed by atoms with Gasteiger partial charge < -0.3 is 22.1 Å². The largest absolute Gasteiger partial charge is 0.402 e. The van der Waals surface area contributed by atoms with E-state index < -0.39 is 5.82 Å². The van der Waals surface area contributed by atoms with Crippen molar-refractivity contribution < 1.29 is 4.39 Å². The van der Waals surface area contributed by atoms with E-state index in [4.69, 9.17) is 52.0 Å². The molecular formula is C16H24Cl3FN4. The summed E-state index contributed by atoms with van der Waals surface area (Å²) >= 11 is 18.0. The van der Waals surface area contributed by atoms with Crippen LogP contribution in [0.25, 0.3) is 0 Å². The highest BCUT2D eigenvalue weighted by Gasteiger charge is 2.17. The summed E-state index contributed by atoms with van der Waals surface area (Å²) in [6, 6.07) is 2.65. The molecule has 0 heterocycles. The topological polar surface area (TPSA) is 81.3 Å². The predicted molar refractivity (Wildman–Crippen MR) is 102 cm³/mol. The molecule has 0 amide bonds. The zero-order chi connectivity index (χ0) is 18.9. The number of hydrogen-bond acceptors (Lipinski definition) is 4. The molecule has 0 fully saturated rings. The highest BCUT2D eigenvalue weighted by Crippen LogP contribution is 2.30. The number of allylic oxidation sites excluding steroid dienone is 2. The normalized spacial score (nSPS) is 12.2. The molecule has 0 saturated heterocycles. The van der Waals surface area contributed by atoms with Crippen LogP contribution in [0.5, 0.6) is 0 Å². The fourth-order valence-corrected chi connectivity index (χ4v) is 2.54. The lowest BCUT2D eigenvalue weighted by Gasteiger charge is -2.27. The minimum atomic E-state index is -0.552. The smallest absolute Gasteiger partial charge is 0.142 e. The molecule has 0 unspecified atom stereocenters. The molecule has 0 radical (unpaired) electrons. The summed E-state index contributed by atoms with van der Waals surface area (Å²) in [7, 11) is 0. The molecule has 0 atom stereocenters. The third-order valence-corrected chi connectivity index (χ3v) is 3.79. The van der Waals surface area contributed by atoms with Gasteiger partial charge in [0.25, 0.3) is 0 Å². The van der Waals surface area contributed by atoms with Gasteiger partial charge in [-0.05, 0) is 25.1 Å². The Morgan fingerprint density at radius 2 is 1.83 bits per heavy atom. The van der Waals surface area contributed by atoms with Crippen LogP contribution in [0.1, 0.15) is 26.3 Å². The Balaban J connectivity index is 0.00000254. The molecule has 0 spiro atoms. The second-order valence-electron chi connectivity index (χ2n) is 4.65. The molecule has 0 aliphatic carbocycles. The summed E-state index contributed by atoms with van der Waals surface area (Å²) in [5.41, 5.74) is 18.4. The van der Waals surface area contributed by atoms with Crippen LogP contribution in [-0.4, -0.2) is 18.0 Å². The zero-order valence-electron chi connectivity index (χ0n) is 14.0. The van der Waals surface area contributed by atoms with Crippen molar-refractivity contribution in [1.82, 2.24) is 4.90 Å². The SMILES string of the molecule is C/C(N)=C/C(=C(\N)Cl)N(CCN)Cc1c(Cl)ccc(F)c1Cl.CC. The first kappa shape index (κ1) is 22.9. The summed E-state index contributed by atoms with van der Waals surface area (Å²) in [4.78, 5) is 1.74. The molecule has 24 heavy (non-hydrogen) atoms. The Morgan fingerprint density at radius 3 is 2.29 bits per heavy atom. The maximum atomic E-state index is 13.6. The predicted octanol–water partition coefficient (Wildman–Crippen LogP) is 4.15. The lowest BCUT2D eigenvalue weighted by Crippen LogP contribution is -2.30. The van der Waals surface area contributed by atoms with E-state index in [0.717, 1.165) is 0 Å². The Labute approximate surface area is 158 Å². The van der Waals surface area contributed by atoms with Gasteiger partial charge in [0.15, 0.2) is 0 Å².